The van der Waals surface area contributed by atoms with Crippen molar-refractivity contribution in [3.8, 4) is 0 Å². The molecule has 0 radical (unpaired) electrons. The minimum atomic E-state index is 0.497. The van der Waals surface area contributed by atoms with Gasteiger partial charge in [-0.2, -0.15) is 0 Å². The topological polar surface area (TPSA) is 49.2 Å². The third kappa shape index (κ3) is 4.15. The van der Waals surface area contributed by atoms with Crippen LogP contribution in [0.2, 0.25) is 0 Å². The normalized spacial score (nSPS) is 9.68. The lowest BCUT2D eigenvalue weighted by Gasteiger charge is -2.12. The van der Waals surface area contributed by atoms with E-state index in [1.54, 1.807) is 12.3 Å². The highest BCUT2D eigenvalue weighted by Crippen LogP contribution is 2.07. The van der Waals surface area contributed by atoms with Crippen LogP contribution in [0, 0.1) is 0 Å². The summed E-state index contributed by atoms with van der Waals surface area (Å²) in [5.74, 6) is 0.665. The summed E-state index contributed by atoms with van der Waals surface area (Å²) in [5.41, 5.74) is 7.51. The third-order valence-electron chi connectivity index (χ3n) is 2.44. The van der Waals surface area contributed by atoms with Gasteiger partial charge < -0.3 is 9.73 Å². The average molecular weight is 273 g/mol. The molecule has 4 nitrogen and oxygen atoms in total. The minimum absolute atomic E-state index is 0.497. The van der Waals surface area contributed by atoms with Gasteiger partial charge in [0.05, 0.1) is 12.0 Å². The van der Waals surface area contributed by atoms with Gasteiger partial charge >= 0.3 is 0 Å². The zero-order valence-electron chi connectivity index (χ0n) is 10.3. The lowest BCUT2D eigenvalue weighted by atomic mass is 10.2. The number of hydrogen-bond donors (Lipinski definition) is 3. The van der Waals surface area contributed by atoms with E-state index in [-0.39, 0.29) is 0 Å². The molecule has 1 aromatic carbocycles. The van der Waals surface area contributed by atoms with Crippen LogP contribution in [-0.2, 0) is 6.54 Å². The molecule has 1 aromatic heterocycles. The van der Waals surface area contributed by atoms with Gasteiger partial charge in [0, 0.05) is 6.54 Å². The first-order valence-electron chi connectivity index (χ1n) is 5.82. The Balaban J connectivity index is 1.72. The van der Waals surface area contributed by atoms with Crippen LogP contribution in [0.5, 0.6) is 0 Å². The number of hydrazine groups is 1. The predicted molar refractivity (Wildman–Crippen MR) is 79.9 cm³/mol. The van der Waals surface area contributed by atoms with E-state index >= 15 is 0 Å². The molecular formula is C14H15N3OS. The van der Waals surface area contributed by atoms with Crippen LogP contribution < -0.4 is 16.2 Å². The summed E-state index contributed by atoms with van der Waals surface area (Å²) in [7, 11) is 0. The summed E-state index contributed by atoms with van der Waals surface area (Å²) in [6.07, 6.45) is 1.59. The van der Waals surface area contributed by atoms with Gasteiger partial charge in [0.2, 0.25) is 0 Å². The molecule has 0 unspecified atom stereocenters. The number of hydrogen-bond acceptors (Lipinski definition) is 3. The average Bonchev–Trinajstić information content (AvgIpc) is 2.98. The fourth-order valence-corrected chi connectivity index (χ4v) is 1.59. The van der Waals surface area contributed by atoms with Crippen molar-refractivity contribution in [3.63, 3.8) is 0 Å². The smallest absolute Gasteiger partial charge is 0.185 e. The third-order valence-corrected chi connectivity index (χ3v) is 2.69. The van der Waals surface area contributed by atoms with E-state index in [2.05, 4.69) is 22.7 Å². The van der Waals surface area contributed by atoms with Gasteiger partial charge in [-0.15, -0.1) is 0 Å². The first-order chi connectivity index (χ1) is 9.25. The Morgan fingerprint density at radius 2 is 1.89 bits per heavy atom. The lowest BCUT2D eigenvalue weighted by Crippen LogP contribution is -2.42. The maximum absolute atomic E-state index is 5.19. The molecule has 2 aromatic rings. The van der Waals surface area contributed by atoms with Crippen LogP contribution >= 0.6 is 12.2 Å². The first-order valence-corrected chi connectivity index (χ1v) is 6.23. The molecule has 1 heterocycles. The second-order valence-corrected chi connectivity index (χ2v) is 4.28. The van der Waals surface area contributed by atoms with Crippen molar-refractivity contribution in [2.75, 3.05) is 0 Å². The highest BCUT2D eigenvalue weighted by atomic mass is 32.1. The molecule has 0 saturated carbocycles. The lowest BCUT2D eigenvalue weighted by molar-refractivity contribution is 0.545. The van der Waals surface area contributed by atoms with Crippen molar-refractivity contribution in [2.45, 2.75) is 6.54 Å². The number of furan rings is 1. The van der Waals surface area contributed by atoms with E-state index in [0.717, 1.165) is 5.56 Å². The molecule has 0 atom stereocenters. The molecule has 0 saturated heterocycles. The Morgan fingerprint density at radius 1 is 1.11 bits per heavy atom. The van der Waals surface area contributed by atoms with E-state index in [1.165, 1.54) is 0 Å². The largest absolute Gasteiger partial charge is 0.463 e. The van der Waals surface area contributed by atoms with Crippen LogP contribution in [0.1, 0.15) is 11.3 Å². The van der Waals surface area contributed by atoms with Crippen molar-refractivity contribution in [3.05, 3.63) is 66.6 Å². The molecule has 0 aliphatic carbocycles. The van der Waals surface area contributed by atoms with Crippen molar-refractivity contribution < 1.29 is 4.42 Å². The van der Waals surface area contributed by atoms with Crippen LogP contribution in [0.25, 0.3) is 5.70 Å². The molecule has 0 aliphatic rings. The summed E-state index contributed by atoms with van der Waals surface area (Å²) in [4.78, 5) is 0. The van der Waals surface area contributed by atoms with Crippen molar-refractivity contribution in [2.24, 2.45) is 0 Å². The summed E-state index contributed by atoms with van der Waals surface area (Å²) < 4.78 is 5.19. The molecule has 98 valence electrons. The fourth-order valence-electron chi connectivity index (χ4n) is 1.47. The van der Waals surface area contributed by atoms with Gasteiger partial charge in [0.25, 0.3) is 0 Å². The van der Waals surface area contributed by atoms with Crippen molar-refractivity contribution >= 4 is 23.0 Å². The van der Waals surface area contributed by atoms with E-state index < -0.39 is 0 Å². The van der Waals surface area contributed by atoms with E-state index in [9.17, 15) is 0 Å². The molecule has 0 aliphatic heterocycles. The Kier molecular flexibility index (Phi) is 4.58. The Morgan fingerprint density at radius 3 is 2.58 bits per heavy atom. The summed E-state index contributed by atoms with van der Waals surface area (Å²) in [6.45, 7) is 4.50. The van der Waals surface area contributed by atoms with Gasteiger partial charge in [-0.3, -0.25) is 10.9 Å². The molecule has 0 fully saturated rings. The summed E-state index contributed by atoms with van der Waals surface area (Å²) >= 11 is 5.14. The second-order valence-electron chi connectivity index (χ2n) is 3.87. The van der Waals surface area contributed by atoms with Gasteiger partial charge in [-0.1, -0.05) is 36.9 Å². The summed E-state index contributed by atoms with van der Waals surface area (Å²) in [6, 6.07) is 13.6. The van der Waals surface area contributed by atoms with Crippen LogP contribution in [0.3, 0.4) is 0 Å². The Labute approximate surface area is 117 Å². The molecule has 0 amide bonds. The van der Waals surface area contributed by atoms with Gasteiger partial charge in [0.1, 0.15) is 0 Å². The minimum Gasteiger partial charge on any atom is -0.463 e. The Hall–Kier alpha value is -2.27. The molecule has 3 N–H and O–H groups in total. The predicted octanol–water partition coefficient (Wildman–Crippen LogP) is 2.42. The monoisotopic (exact) mass is 273 g/mol. The zero-order chi connectivity index (χ0) is 13.5. The number of nitrogens with one attached hydrogen (secondary N) is 3. The maximum atomic E-state index is 5.19. The van der Waals surface area contributed by atoms with Gasteiger partial charge in [-0.05, 0) is 29.9 Å². The van der Waals surface area contributed by atoms with E-state index in [1.807, 2.05) is 36.4 Å². The highest BCUT2D eigenvalue weighted by molar-refractivity contribution is 7.80. The van der Waals surface area contributed by atoms with Gasteiger partial charge in [-0.25, -0.2) is 0 Å². The molecule has 0 bridgehead atoms. The SMILES string of the molecule is C=C(NNC(=S)NCc1ccccc1)c1ccco1. The molecule has 0 spiro atoms. The van der Waals surface area contributed by atoms with Crippen LogP contribution in [-0.4, -0.2) is 5.11 Å². The zero-order valence-corrected chi connectivity index (χ0v) is 11.2. The first kappa shape index (κ1) is 13.2. The second kappa shape index (κ2) is 6.61. The number of rotatable bonds is 5. The van der Waals surface area contributed by atoms with Crippen molar-refractivity contribution in [1.29, 1.82) is 0 Å². The van der Waals surface area contributed by atoms with Crippen LogP contribution in [0.4, 0.5) is 0 Å². The van der Waals surface area contributed by atoms with Gasteiger partial charge in [0.15, 0.2) is 10.9 Å². The molecule has 19 heavy (non-hydrogen) atoms. The quantitative estimate of drug-likeness (QED) is 0.577. The fraction of sp³-hybridized carbons (Fsp3) is 0.0714. The van der Waals surface area contributed by atoms with Crippen molar-refractivity contribution in [1.82, 2.24) is 16.2 Å². The number of benzene rings is 1. The molecule has 2 rings (SSSR count). The Bertz CT molecular complexity index is 537. The van der Waals surface area contributed by atoms with Crippen LogP contribution in [0.15, 0.2) is 59.7 Å². The van der Waals surface area contributed by atoms with E-state index in [0.29, 0.717) is 23.1 Å². The highest BCUT2D eigenvalue weighted by Gasteiger charge is 2.01. The number of thiocarbonyl (C=S) groups is 1. The molecule has 5 heteroatoms. The standard InChI is InChI=1S/C14H15N3OS/c1-11(13-8-5-9-18-13)16-17-14(19)15-10-12-6-3-2-4-7-12/h2-9,16H,1,10H2,(H2,15,17,19). The molecular weight excluding hydrogens is 258 g/mol. The van der Waals surface area contributed by atoms with E-state index in [4.69, 9.17) is 16.6 Å². The maximum Gasteiger partial charge on any atom is 0.185 e. The summed E-state index contributed by atoms with van der Waals surface area (Å²) in [5, 5.41) is 3.58.